The van der Waals surface area contributed by atoms with Crippen molar-refractivity contribution >= 4 is 34.9 Å². The van der Waals surface area contributed by atoms with Crippen LogP contribution in [0.25, 0.3) is 0 Å². The number of carboxylic acid groups (broad SMARTS) is 1. The van der Waals surface area contributed by atoms with Crippen molar-refractivity contribution in [2.75, 3.05) is 13.1 Å². The Bertz CT molecular complexity index is 553. The van der Waals surface area contributed by atoms with Crippen LogP contribution in [0.5, 0.6) is 0 Å². The van der Waals surface area contributed by atoms with Gasteiger partial charge in [-0.2, -0.15) is 0 Å². The lowest BCUT2D eigenvalue weighted by Crippen LogP contribution is -2.47. The lowest BCUT2D eigenvalue weighted by atomic mass is 9.85. The molecule has 1 atom stereocenters. The number of rotatable bonds is 5. The number of nitrogens with zero attached hydrogens (tertiary/aromatic N) is 1. The summed E-state index contributed by atoms with van der Waals surface area (Å²) in [6, 6.07) is 3.53. The lowest BCUT2D eigenvalue weighted by molar-refractivity contribution is 0.0868. The highest BCUT2D eigenvalue weighted by atomic mass is 35.5. The van der Waals surface area contributed by atoms with Crippen molar-refractivity contribution in [1.82, 2.24) is 10.2 Å². The normalized spacial score (nSPS) is 17.3. The fourth-order valence-electron chi connectivity index (χ4n) is 3.05. The summed E-state index contributed by atoms with van der Waals surface area (Å²) in [6.45, 7) is 5.34. The molecule has 1 aliphatic rings. The van der Waals surface area contributed by atoms with Crippen molar-refractivity contribution in [3.05, 3.63) is 21.3 Å². The van der Waals surface area contributed by atoms with Crippen LogP contribution in [-0.4, -0.2) is 41.1 Å². The summed E-state index contributed by atoms with van der Waals surface area (Å²) in [6.07, 6.45) is 1.61. The molecule has 0 radical (unpaired) electrons. The van der Waals surface area contributed by atoms with E-state index in [-0.39, 0.29) is 11.9 Å². The van der Waals surface area contributed by atoms with Gasteiger partial charge in [0, 0.05) is 19.1 Å². The summed E-state index contributed by atoms with van der Waals surface area (Å²) in [4.78, 5) is 25.5. The summed E-state index contributed by atoms with van der Waals surface area (Å²) in [5.41, 5.74) is 0. The second-order valence-corrected chi connectivity index (χ2v) is 8.14. The summed E-state index contributed by atoms with van der Waals surface area (Å²) in [7, 11) is 0. The van der Waals surface area contributed by atoms with Crippen molar-refractivity contribution in [2.45, 2.75) is 39.2 Å². The smallest absolute Gasteiger partial charge is 0.407 e. The zero-order valence-corrected chi connectivity index (χ0v) is 15.0. The van der Waals surface area contributed by atoms with Crippen molar-refractivity contribution in [2.24, 2.45) is 11.8 Å². The number of hydrogen-bond donors (Lipinski definition) is 2. The Morgan fingerprint density at radius 3 is 2.52 bits per heavy atom. The Morgan fingerprint density at radius 2 is 2.04 bits per heavy atom. The lowest BCUT2D eigenvalue weighted by Gasteiger charge is -2.35. The van der Waals surface area contributed by atoms with E-state index >= 15 is 0 Å². The molecule has 2 amide bonds. The van der Waals surface area contributed by atoms with E-state index in [2.05, 4.69) is 19.2 Å². The Balaban J connectivity index is 2.00. The number of amides is 2. The number of nitrogens with one attached hydrogen (secondary N) is 1. The Morgan fingerprint density at radius 1 is 1.39 bits per heavy atom. The summed E-state index contributed by atoms with van der Waals surface area (Å²) in [5.74, 6) is 0.685. The van der Waals surface area contributed by atoms with Crippen LogP contribution in [0.3, 0.4) is 0 Å². The number of carbonyl (C=O) groups is 2. The zero-order chi connectivity index (χ0) is 17.0. The van der Waals surface area contributed by atoms with Gasteiger partial charge in [-0.15, -0.1) is 11.3 Å². The minimum absolute atomic E-state index is 0.0688. The largest absolute Gasteiger partial charge is 0.465 e. The van der Waals surface area contributed by atoms with E-state index in [0.717, 1.165) is 19.3 Å². The van der Waals surface area contributed by atoms with Gasteiger partial charge in [0.25, 0.3) is 5.91 Å². The molecule has 0 unspecified atom stereocenters. The second kappa shape index (κ2) is 8.02. The Kier molecular flexibility index (Phi) is 6.30. The molecule has 0 aliphatic carbocycles. The van der Waals surface area contributed by atoms with Gasteiger partial charge >= 0.3 is 6.09 Å². The highest BCUT2D eigenvalue weighted by molar-refractivity contribution is 7.17. The average molecular weight is 359 g/mol. The van der Waals surface area contributed by atoms with Gasteiger partial charge in [0.15, 0.2) is 0 Å². The van der Waals surface area contributed by atoms with Crippen LogP contribution in [-0.2, 0) is 0 Å². The van der Waals surface area contributed by atoms with Gasteiger partial charge in [-0.25, -0.2) is 4.79 Å². The number of piperidine rings is 1. The van der Waals surface area contributed by atoms with Crippen LogP contribution in [0.4, 0.5) is 4.79 Å². The van der Waals surface area contributed by atoms with Gasteiger partial charge in [-0.1, -0.05) is 25.4 Å². The van der Waals surface area contributed by atoms with Gasteiger partial charge < -0.3 is 15.3 Å². The number of halogens is 1. The molecule has 0 aromatic carbocycles. The summed E-state index contributed by atoms with van der Waals surface area (Å²) < 4.78 is 0.602. The molecule has 2 N–H and O–H groups in total. The second-order valence-electron chi connectivity index (χ2n) is 6.42. The molecule has 1 aromatic rings. The van der Waals surface area contributed by atoms with Crippen LogP contribution in [0.2, 0.25) is 4.34 Å². The van der Waals surface area contributed by atoms with Crippen LogP contribution in [0.15, 0.2) is 12.1 Å². The molecule has 1 aliphatic heterocycles. The molecular weight excluding hydrogens is 336 g/mol. The van der Waals surface area contributed by atoms with Gasteiger partial charge in [0.05, 0.1) is 9.21 Å². The molecular formula is C16H23ClN2O3S. The molecule has 5 nitrogen and oxygen atoms in total. The van der Waals surface area contributed by atoms with Crippen molar-refractivity contribution in [3.63, 3.8) is 0 Å². The van der Waals surface area contributed by atoms with Crippen molar-refractivity contribution < 1.29 is 14.7 Å². The van der Waals surface area contributed by atoms with Crippen LogP contribution < -0.4 is 5.32 Å². The predicted octanol–water partition coefficient (Wildman–Crippen LogP) is 3.94. The third-order valence-electron chi connectivity index (χ3n) is 4.22. The first-order chi connectivity index (χ1) is 10.9. The summed E-state index contributed by atoms with van der Waals surface area (Å²) >= 11 is 7.17. The molecule has 128 valence electrons. The number of likely N-dealkylation sites (tertiary alicyclic amines) is 1. The molecule has 2 rings (SSSR count). The molecule has 1 fully saturated rings. The first-order valence-electron chi connectivity index (χ1n) is 7.91. The molecule has 1 aromatic heterocycles. The topological polar surface area (TPSA) is 69.6 Å². The maximum absolute atomic E-state index is 12.4. The maximum atomic E-state index is 12.4. The highest BCUT2D eigenvalue weighted by Gasteiger charge is 2.30. The SMILES string of the molecule is CC(C)C[C@@H](NC(=O)c1ccc(Cl)s1)C1CCN(C(=O)O)CC1. The van der Waals surface area contributed by atoms with E-state index < -0.39 is 6.09 Å². The molecule has 0 spiro atoms. The van der Waals surface area contributed by atoms with Gasteiger partial charge in [-0.05, 0) is 43.2 Å². The van der Waals surface area contributed by atoms with Gasteiger partial charge in [0.2, 0.25) is 0 Å². The number of thiophene rings is 1. The van der Waals surface area contributed by atoms with Crippen molar-refractivity contribution in [3.8, 4) is 0 Å². The fourth-order valence-corrected chi connectivity index (χ4v) is 3.99. The number of hydrogen-bond acceptors (Lipinski definition) is 3. The van der Waals surface area contributed by atoms with Crippen LogP contribution in [0.1, 0.15) is 42.8 Å². The maximum Gasteiger partial charge on any atom is 0.407 e. The third-order valence-corrected chi connectivity index (χ3v) is 5.45. The molecule has 0 bridgehead atoms. The molecule has 23 heavy (non-hydrogen) atoms. The van der Waals surface area contributed by atoms with Crippen LogP contribution in [0, 0.1) is 11.8 Å². The minimum Gasteiger partial charge on any atom is -0.465 e. The third kappa shape index (κ3) is 5.11. The zero-order valence-electron chi connectivity index (χ0n) is 13.4. The van der Waals surface area contributed by atoms with Gasteiger partial charge in [-0.3, -0.25) is 4.79 Å². The Labute approximate surface area is 145 Å². The first-order valence-corrected chi connectivity index (χ1v) is 9.10. The molecule has 2 heterocycles. The van der Waals surface area contributed by atoms with Gasteiger partial charge in [0.1, 0.15) is 0 Å². The highest BCUT2D eigenvalue weighted by Crippen LogP contribution is 2.26. The van der Waals surface area contributed by atoms with Crippen molar-refractivity contribution in [1.29, 1.82) is 0 Å². The van der Waals surface area contributed by atoms with E-state index in [0.29, 0.717) is 34.1 Å². The minimum atomic E-state index is -0.860. The van der Waals surface area contributed by atoms with E-state index in [4.69, 9.17) is 16.7 Å². The van der Waals surface area contributed by atoms with Crippen LogP contribution >= 0.6 is 22.9 Å². The number of carbonyl (C=O) groups excluding carboxylic acids is 1. The van der Waals surface area contributed by atoms with E-state index in [1.807, 2.05) is 0 Å². The standard InChI is InChI=1S/C16H23ClN2O3S/c1-10(2)9-12(11-5-7-19(8-6-11)16(21)22)18-15(20)13-3-4-14(17)23-13/h3-4,10-12H,5-9H2,1-2H3,(H,18,20)(H,21,22)/t12-/m1/s1. The summed E-state index contributed by atoms with van der Waals surface area (Å²) in [5, 5.41) is 12.2. The van der Waals surface area contributed by atoms with E-state index in [1.54, 1.807) is 12.1 Å². The molecule has 1 saturated heterocycles. The quantitative estimate of drug-likeness (QED) is 0.837. The molecule has 0 saturated carbocycles. The fraction of sp³-hybridized carbons (Fsp3) is 0.625. The molecule has 7 heteroatoms. The first kappa shape index (κ1) is 18.1. The Hall–Kier alpha value is -1.27. The van der Waals surface area contributed by atoms with E-state index in [1.165, 1.54) is 16.2 Å². The monoisotopic (exact) mass is 358 g/mol. The average Bonchev–Trinajstić information content (AvgIpc) is 2.93. The van der Waals surface area contributed by atoms with E-state index in [9.17, 15) is 9.59 Å². The predicted molar refractivity (Wildman–Crippen MR) is 92.4 cm³/mol.